The molecule has 0 saturated heterocycles. The Hall–Kier alpha value is -2.64. The van der Waals surface area contributed by atoms with E-state index < -0.39 is 17.6 Å². The van der Waals surface area contributed by atoms with E-state index in [1.807, 2.05) is 38.1 Å². The maximum absolute atomic E-state index is 12.7. The number of imidazole rings is 2. The van der Waals surface area contributed by atoms with Gasteiger partial charge in [0, 0.05) is 16.4 Å². The number of H-pyrrole nitrogens is 2. The van der Waals surface area contributed by atoms with Gasteiger partial charge in [-0.3, -0.25) is 14.2 Å². The summed E-state index contributed by atoms with van der Waals surface area (Å²) >= 11 is 2.24. The Morgan fingerprint density at radius 2 is 2.00 bits per heavy atom. The fraction of sp³-hybridized carbons (Fsp3) is 0.381. The van der Waals surface area contributed by atoms with Crippen molar-refractivity contribution in [1.82, 2.24) is 25.0 Å². The number of aliphatic hydroxyl groups is 1. The first-order valence-corrected chi connectivity index (χ1v) is 11.2. The fourth-order valence-corrected chi connectivity index (χ4v) is 3.74. The van der Waals surface area contributed by atoms with Crippen molar-refractivity contribution in [3.8, 4) is 17.1 Å². The lowest BCUT2D eigenvalue weighted by Gasteiger charge is -2.20. The molecule has 0 fully saturated rings. The van der Waals surface area contributed by atoms with E-state index in [0.717, 1.165) is 14.8 Å². The number of aromatic amines is 2. The predicted molar refractivity (Wildman–Crippen MR) is 126 cm³/mol. The third kappa shape index (κ3) is 5.58. The van der Waals surface area contributed by atoms with Gasteiger partial charge in [-0.15, -0.1) is 0 Å². The number of amides is 1. The van der Waals surface area contributed by atoms with Crippen LogP contribution < -0.4 is 11.2 Å². The van der Waals surface area contributed by atoms with Gasteiger partial charge in [-0.05, 0) is 46.2 Å². The number of halogens is 1. The second kappa shape index (κ2) is 10.8. The molecule has 1 aromatic carbocycles. The molecule has 1 amide bonds. The summed E-state index contributed by atoms with van der Waals surface area (Å²) in [5.74, 6) is -0.176. The van der Waals surface area contributed by atoms with Crippen LogP contribution in [-0.2, 0) is 16.1 Å². The van der Waals surface area contributed by atoms with Crippen molar-refractivity contribution >= 4 is 28.5 Å². The van der Waals surface area contributed by atoms with Gasteiger partial charge in [0.15, 0.2) is 0 Å². The Bertz CT molecular complexity index is 1100. The first kappa shape index (κ1) is 24.0. The molecule has 1 atom stereocenters. The summed E-state index contributed by atoms with van der Waals surface area (Å²) in [7, 11) is 0. The number of aliphatic hydroxyl groups excluding tert-OH is 1. The summed E-state index contributed by atoms with van der Waals surface area (Å²) in [5.41, 5.74) is 3.73. The van der Waals surface area contributed by atoms with Crippen LogP contribution >= 0.6 is 22.6 Å². The maximum atomic E-state index is 12.7. The smallest absolute Gasteiger partial charge is 0.329 e. The van der Waals surface area contributed by atoms with Gasteiger partial charge in [-0.2, -0.15) is 0 Å². The third-order valence-electron chi connectivity index (χ3n) is 4.90. The average Bonchev–Trinajstić information content (AvgIpc) is 3.34. The number of rotatable bonds is 10. The van der Waals surface area contributed by atoms with E-state index in [-0.39, 0.29) is 43.5 Å². The van der Waals surface area contributed by atoms with Gasteiger partial charge in [0.1, 0.15) is 11.9 Å². The predicted octanol–water partition coefficient (Wildman–Crippen LogP) is 2.09. The van der Waals surface area contributed by atoms with Gasteiger partial charge in [0.05, 0.1) is 30.8 Å². The molecule has 0 aliphatic rings. The number of nitrogens with one attached hydrogen (secondary N) is 3. The van der Waals surface area contributed by atoms with Crippen LogP contribution in [0.3, 0.4) is 0 Å². The molecule has 0 aliphatic heterocycles. The number of hydroxylamine groups is 1. The second-order valence-electron chi connectivity index (χ2n) is 7.58. The van der Waals surface area contributed by atoms with Crippen LogP contribution in [0.15, 0.2) is 35.3 Å². The number of aryl methyl sites for hydroxylation is 1. The van der Waals surface area contributed by atoms with Gasteiger partial charge < -0.3 is 20.2 Å². The monoisotopic (exact) mass is 555 g/mol. The number of aromatic hydroxyl groups is 1. The molecule has 0 spiro atoms. The van der Waals surface area contributed by atoms with Crippen molar-refractivity contribution in [2.45, 2.75) is 32.7 Å². The molecule has 0 aliphatic carbocycles. The molecule has 1 unspecified atom stereocenters. The molecule has 10 nitrogen and oxygen atoms in total. The molecule has 3 rings (SSSR count). The number of hydrogen-bond donors (Lipinski definition) is 5. The van der Waals surface area contributed by atoms with Gasteiger partial charge in [-0.1, -0.05) is 26.0 Å². The maximum Gasteiger partial charge on any atom is 0.329 e. The van der Waals surface area contributed by atoms with Crippen LogP contribution in [-0.4, -0.2) is 48.9 Å². The summed E-state index contributed by atoms with van der Waals surface area (Å²) in [5, 5.41) is 19.4. The third-order valence-corrected chi connectivity index (χ3v) is 5.62. The number of carbonyl (C=O) groups excluding carboxylic acids is 1. The van der Waals surface area contributed by atoms with Crippen molar-refractivity contribution in [2.24, 2.45) is 5.92 Å². The second-order valence-corrected chi connectivity index (χ2v) is 8.82. The summed E-state index contributed by atoms with van der Waals surface area (Å²) in [6.45, 7) is 3.63. The van der Waals surface area contributed by atoms with Crippen molar-refractivity contribution in [1.29, 1.82) is 0 Å². The van der Waals surface area contributed by atoms with Gasteiger partial charge in [-0.25, -0.2) is 15.3 Å². The molecule has 0 bridgehead atoms. The molecular weight excluding hydrogens is 529 g/mol. The topological polar surface area (TPSA) is 145 Å². The lowest BCUT2D eigenvalue weighted by atomic mass is 10.0. The molecule has 2 heterocycles. The Labute approximate surface area is 198 Å². The Morgan fingerprint density at radius 1 is 1.28 bits per heavy atom. The molecule has 2 aromatic heterocycles. The zero-order chi connectivity index (χ0) is 23.3. The Kier molecular flexibility index (Phi) is 8.10. The van der Waals surface area contributed by atoms with Crippen molar-refractivity contribution < 1.29 is 19.8 Å². The van der Waals surface area contributed by atoms with Crippen molar-refractivity contribution in [3.05, 3.63) is 56.0 Å². The minimum Gasteiger partial charge on any atom is -0.493 e. The molecule has 0 radical (unpaired) electrons. The highest BCUT2D eigenvalue weighted by atomic mass is 127. The number of nitrogens with zero attached hydrogens (tertiary/aromatic N) is 2. The van der Waals surface area contributed by atoms with Crippen molar-refractivity contribution in [3.63, 3.8) is 0 Å². The summed E-state index contributed by atoms with van der Waals surface area (Å²) in [6, 6.07) is 7.42. The summed E-state index contributed by atoms with van der Waals surface area (Å²) in [6.07, 6.45) is 1.81. The summed E-state index contributed by atoms with van der Waals surface area (Å²) < 4.78 is 2.38. The highest BCUT2D eigenvalue weighted by Gasteiger charge is 2.28. The normalized spacial score (nSPS) is 12.3. The van der Waals surface area contributed by atoms with Crippen LogP contribution in [0.25, 0.3) is 11.3 Å². The zero-order valence-electron chi connectivity index (χ0n) is 17.8. The fourth-order valence-electron chi connectivity index (χ4n) is 3.39. The minimum absolute atomic E-state index is 0.0109. The minimum atomic E-state index is -0.535. The first-order valence-electron chi connectivity index (χ1n) is 10.2. The highest BCUT2D eigenvalue weighted by Crippen LogP contribution is 2.30. The first-order chi connectivity index (χ1) is 15.3. The highest BCUT2D eigenvalue weighted by molar-refractivity contribution is 14.1. The van der Waals surface area contributed by atoms with Gasteiger partial charge in [0.2, 0.25) is 11.8 Å². The van der Waals surface area contributed by atoms with Crippen molar-refractivity contribution in [2.75, 3.05) is 13.2 Å². The van der Waals surface area contributed by atoms with Crippen LogP contribution in [0.2, 0.25) is 0 Å². The van der Waals surface area contributed by atoms with Crippen LogP contribution in [0.5, 0.6) is 5.88 Å². The van der Waals surface area contributed by atoms with E-state index in [0.29, 0.717) is 5.82 Å². The quantitative estimate of drug-likeness (QED) is 0.147. The van der Waals surface area contributed by atoms with E-state index in [1.165, 1.54) is 4.57 Å². The molecule has 172 valence electrons. The zero-order valence-corrected chi connectivity index (χ0v) is 19.9. The number of carbonyl (C=O) groups is 1. The standard InChI is InChI=1S/C21H26IN5O5/c1-12(2)18(19-23-11-16(24-19)13-3-5-14(22)6-4-13)27-20(30)15(25-21(27)31)7-8-17(29)26-32-10-9-28/h3-6,11-12,18,28,30H,7-10H2,1-2H3,(H,23,24)(H,25,31)(H,26,29). The Balaban J connectivity index is 1.82. The SMILES string of the molecule is CC(C)C(c1ncc(-c2ccc(I)cc2)[nH]1)n1c(O)c(CCC(=O)NOCCO)[nH]c1=O. The molecule has 32 heavy (non-hydrogen) atoms. The van der Waals surface area contributed by atoms with E-state index in [1.54, 1.807) is 6.20 Å². The molecule has 0 saturated carbocycles. The molecular formula is C21H26IN5O5. The van der Waals surface area contributed by atoms with Gasteiger partial charge in [0.25, 0.3) is 0 Å². The number of hydrogen-bond acceptors (Lipinski definition) is 6. The largest absolute Gasteiger partial charge is 0.493 e. The summed E-state index contributed by atoms with van der Waals surface area (Å²) in [4.78, 5) is 39.7. The van der Waals surface area contributed by atoms with Crippen LogP contribution in [0.4, 0.5) is 0 Å². The van der Waals surface area contributed by atoms with Gasteiger partial charge >= 0.3 is 5.69 Å². The lowest BCUT2D eigenvalue weighted by Crippen LogP contribution is -2.27. The molecule has 5 N–H and O–H groups in total. The van der Waals surface area contributed by atoms with E-state index >= 15 is 0 Å². The van der Waals surface area contributed by atoms with Crippen LogP contribution in [0.1, 0.15) is 37.8 Å². The van der Waals surface area contributed by atoms with E-state index in [2.05, 4.69) is 43.0 Å². The lowest BCUT2D eigenvalue weighted by molar-refractivity contribution is -0.134. The molecule has 3 aromatic rings. The Morgan fingerprint density at radius 3 is 2.66 bits per heavy atom. The number of benzene rings is 1. The van der Waals surface area contributed by atoms with E-state index in [9.17, 15) is 14.7 Å². The number of aromatic nitrogens is 4. The van der Waals surface area contributed by atoms with E-state index in [4.69, 9.17) is 9.94 Å². The molecule has 11 heteroatoms. The average molecular weight is 555 g/mol. The van der Waals surface area contributed by atoms with Crippen LogP contribution in [0, 0.1) is 9.49 Å².